The molecule has 0 amide bonds. The van der Waals surface area contributed by atoms with Gasteiger partial charge >= 0.3 is 30.3 Å². The number of ether oxygens (including phenoxy) is 2. The number of nitrogens with zero attached hydrogens (tertiary/aromatic N) is 1. The largest absolute Gasteiger partial charge is 0.410 e. The van der Waals surface area contributed by atoms with Crippen molar-refractivity contribution in [2.45, 2.75) is 35.7 Å². The van der Waals surface area contributed by atoms with Gasteiger partial charge in [-0.15, -0.1) is 0 Å². The Labute approximate surface area is 146 Å². The van der Waals surface area contributed by atoms with Crippen LogP contribution in [-0.2, 0) is 23.9 Å². The molecule has 0 saturated carbocycles. The number of thiol groups is 2. The number of carbonyl (C=O) groups excluding carboxylic acids is 3. The normalized spacial score (nSPS) is 15.3. The summed E-state index contributed by atoms with van der Waals surface area (Å²) in [5, 5.41) is 5.02. The number of oxime groups is 1. The van der Waals surface area contributed by atoms with Crippen LogP contribution in [0.15, 0.2) is 5.16 Å². The minimum Gasteiger partial charge on any atom is -0.408 e. The highest BCUT2D eigenvalue weighted by Crippen LogP contribution is 2.26. The second-order valence-electron chi connectivity index (χ2n) is 4.10. The summed E-state index contributed by atoms with van der Waals surface area (Å²) in [5.41, 5.74) is 0. The molecule has 144 valence electrons. The van der Waals surface area contributed by atoms with E-state index in [2.05, 4.69) is 39.9 Å². The van der Waals surface area contributed by atoms with Gasteiger partial charge in [-0.2, -0.15) is 51.6 Å². The first-order valence-corrected chi connectivity index (χ1v) is 6.90. The van der Waals surface area contributed by atoms with Gasteiger partial charge in [0.1, 0.15) is 0 Å². The molecule has 0 aliphatic rings. The predicted octanol–water partition coefficient (Wildman–Crippen LogP) is 1.89. The second-order valence-corrected chi connectivity index (χ2v) is 5.13. The Kier molecular flexibility index (Phi) is 8.57. The van der Waals surface area contributed by atoms with E-state index in [4.69, 9.17) is 5.21 Å². The van der Waals surface area contributed by atoms with E-state index < -0.39 is 59.5 Å². The Morgan fingerprint density at radius 1 is 0.880 bits per heavy atom. The van der Waals surface area contributed by atoms with Crippen LogP contribution in [0.2, 0.25) is 0 Å². The summed E-state index contributed by atoms with van der Waals surface area (Å²) in [4.78, 5) is 33.2. The van der Waals surface area contributed by atoms with Crippen molar-refractivity contribution in [1.29, 1.82) is 0 Å². The van der Waals surface area contributed by atoms with Crippen LogP contribution in [0, 0.1) is 0 Å². The summed E-state index contributed by atoms with van der Waals surface area (Å²) in [6, 6.07) is 0. The minimum atomic E-state index is -5.08. The van der Waals surface area contributed by atoms with Crippen molar-refractivity contribution in [3.8, 4) is 0 Å². The molecule has 0 aliphatic heterocycles. The fraction of sp³-hybridized carbons (Fsp3) is 0.600. The Morgan fingerprint density at radius 2 is 1.28 bits per heavy atom. The van der Waals surface area contributed by atoms with Crippen LogP contribution in [0.25, 0.3) is 0 Å². The zero-order valence-corrected chi connectivity index (χ0v) is 13.5. The lowest BCUT2D eigenvalue weighted by Gasteiger charge is -2.14. The summed E-state index contributed by atoms with van der Waals surface area (Å²) < 4.78 is 80.8. The van der Waals surface area contributed by atoms with Crippen molar-refractivity contribution in [3.63, 3.8) is 0 Å². The molecule has 0 fully saturated rings. The van der Waals surface area contributed by atoms with E-state index in [1.807, 2.05) is 0 Å². The molecule has 0 rings (SSSR count). The molecule has 2 unspecified atom stereocenters. The van der Waals surface area contributed by atoms with E-state index in [1.54, 1.807) is 0 Å². The zero-order chi connectivity index (χ0) is 20.0. The molecule has 0 bridgehead atoms. The van der Waals surface area contributed by atoms with E-state index in [0.717, 1.165) is 0 Å². The van der Waals surface area contributed by atoms with E-state index >= 15 is 0 Å². The van der Waals surface area contributed by atoms with E-state index in [-0.39, 0.29) is 0 Å². The maximum atomic E-state index is 12.2. The van der Waals surface area contributed by atoms with Crippen LogP contribution >= 0.6 is 25.3 Å². The number of halogens is 6. The Hall–Kier alpha value is -1.64. The highest BCUT2D eigenvalue weighted by Gasteiger charge is 2.45. The highest BCUT2D eigenvalue weighted by molar-refractivity contribution is 7.82. The van der Waals surface area contributed by atoms with Crippen molar-refractivity contribution in [1.82, 2.24) is 0 Å². The van der Waals surface area contributed by atoms with E-state index in [0.29, 0.717) is 0 Å². The van der Waals surface area contributed by atoms with Crippen LogP contribution in [0.4, 0.5) is 26.3 Å². The fourth-order valence-electron chi connectivity index (χ4n) is 0.989. The Balaban J connectivity index is 4.56. The molecule has 0 radical (unpaired) electrons. The van der Waals surface area contributed by atoms with Gasteiger partial charge in [-0.1, -0.05) is 5.16 Å². The van der Waals surface area contributed by atoms with Gasteiger partial charge in [0.25, 0.3) is 0 Å². The molecule has 0 aliphatic carbocycles. The molecular weight excluding hydrogens is 408 g/mol. The first-order chi connectivity index (χ1) is 11.2. The molecule has 0 saturated heterocycles. The van der Waals surface area contributed by atoms with Crippen molar-refractivity contribution >= 4 is 49.1 Å². The molecule has 7 nitrogen and oxygen atoms in total. The molecule has 15 heteroatoms. The van der Waals surface area contributed by atoms with Crippen molar-refractivity contribution in [2.24, 2.45) is 5.16 Å². The van der Waals surface area contributed by atoms with Crippen LogP contribution < -0.4 is 0 Å². The van der Waals surface area contributed by atoms with Gasteiger partial charge in [0, 0.05) is 6.42 Å². The lowest BCUT2D eigenvalue weighted by molar-refractivity contribution is -0.174. The number of hydrogen-bond acceptors (Lipinski definition) is 9. The molecule has 0 aromatic rings. The molecule has 25 heavy (non-hydrogen) atoms. The van der Waals surface area contributed by atoms with E-state index in [1.165, 1.54) is 0 Å². The van der Waals surface area contributed by atoms with Gasteiger partial charge in [0.05, 0.1) is 6.42 Å². The average Bonchev–Trinajstić information content (AvgIpc) is 2.47. The Morgan fingerprint density at radius 3 is 1.64 bits per heavy atom. The van der Waals surface area contributed by atoms with Crippen molar-refractivity contribution < 1.29 is 55.4 Å². The standard InChI is InChI=1S/C10H9F6NO6S2/c11-9(12,13)5(24)7(19)22-3(17-21)1-2-4(18)23-8(20)6(25)10(14,15)16/h5-6,21,24-25H,1-2H2/b17-3-. The average molecular weight is 417 g/mol. The Bertz CT molecular complexity index is 549. The monoisotopic (exact) mass is 417 g/mol. The van der Waals surface area contributed by atoms with Gasteiger partial charge in [0.2, 0.25) is 5.90 Å². The summed E-state index contributed by atoms with van der Waals surface area (Å²) >= 11 is 5.84. The molecular formula is C10H9F6NO6S2. The number of esters is 3. The topological polar surface area (TPSA) is 102 Å². The van der Waals surface area contributed by atoms with Gasteiger partial charge in [-0.05, 0) is 0 Å². The molecule has 0 spiro atoms. The molecule has 0 heterocycles. The first kappa shape index (κ1) is 23.4. The lowest BCUT2D eigenvalue weighted by atomic mass is 10.3. The first-order valence-electron chi connectivity index (χ1n) is 5.86. The van der Waals surface area contributed by atoms with E-state index in [9.17, 15) is 40.7 Å². The molecule has 0 aromatic heterocycles. The highest BCUT2D eigenvalue weighted by atomic mass is 32.1. The smallest absolute Gasteiger partial charge is 0.408 e. The summed E-state index contributed by atoms with van der Waals surface area (Å²) in [6.45, 7) is 0. The molecule has 0 aromatic carbocycles. The zero-order valence-electron chi connectivity index (χ0n) is 11.7. The van der Waals surface area contributed by atoms with Crippen molar-refractivity contribution in [3.05, 3.63) is 0 Å². The SMILES string of the molecule is O=C(CC/C(=N/O)OC(=O)C(S)C(F)(F)F)OC(=O)C(S)C(F)(F)F. The minimum absolute atomic E-state index is 0.851. The van der Waals surface area contributed by atoms with Gasteiger partial charge in [-0.3, -0.25) is 14.4 Å². The van der Waals surface area contributed by atoms with Crippen LogP contribution in [-0.4, -0.2) is 51.9 Å². The fourth-order valence-corrected chi connectivity index (χ4v) is 1.09. The van der Waals surface area contributed by atoms with Crippen molar-refractivity contribution in [2.75, 3.05) is 0 Å². The van der Waals surface area contributed by atoms with Crippen LogP contribution in [0.1, 0.15) is 12.8 Å². The predicted molar refractivity (Wildman–Crippen MR) is 73.3 cm³/mol. The third-order valence-electron chi connectivity index (χ3n) is 2.15. The quantitative estimate of drug-likeness (QED) is 0.0923. The van der Waals surface area contributed by atoms with Gasteiger partial charge < -0.3 is 14.7 Å². The number of rotatable bonds is 5. The number of hydrogen-bond donors (Lipinski definition) is 3. The molecule has 1 N–H and O–H groups in total. The summed E-state index contributed by atoms with van der Waals surface area (Å²) in [6.07, 6.45) is -11.9. The number of alkyl halides is 6. The molecule has 2 atom stereocenters. The second kappa shape index (κ2) is 9.17. The third kappa shape index (κ3) is 8.33. The van der Waals surface area contributed by atoms with Crippen LogP contribution in [0.5, 0.6) is 0 Å². The summed E-state index contributed by atoms with van der Waals surface area (Å²) in [7, 11) is 0. The summed E-state index contributed by atoms with van der Waals surface area (Å²) in [5.74, 6) is -6.63. The number of carbonyl (C=O) groups is 3. The van der Waals surface area contributed by atoms with Gasteiger partial charge in [0.15, 0.2) is 10.5 Å². The maximum absolute atomic E-state index is 12.2. The van der Waals surface area contributed by atoms with Gasteiger partial charge in [-0.25, -0.2) is 0 Å². The van der Waals surface area contributed by atoms with Crippen LogP contribution in [0.3, 0.4) is 0 Å². The third-order valence-corrected chi connectivity index (χ3v) is 3.16. The lowest BCUT2D eigenvalue weighted by Crippen LogP contribution is -2.35. The maximum Gasteiger partial charge on any atom is 0.410 e.